The van der Waals surface area contributed by atoms with Gasteiger partial charge in [-0.2, -0.15) is 0 Å². The molecule has 1 unspecified atom stereocenters. The summed E-state index contributed by atoms with van der Waals surface area (Å²) in [5, 5.41) is 0. The summed E-state index contributed by atoms with van der Waals surface area (Å²) in [5.74, 6) is 0. The van der Waals surface area contributed by atoms with E-state index in [-0.39, 0.29) is 0 Å². The Morgan fingerprint density at radius 2 is 1.82 bits per heavy atom. The summed E-state index contributed by atoms with van der Waals surface area (Å²) in [6, 6.07) is 7.96. The van der Waals surface area contributed by atoms with Crippen LogP contribution in [0.2, 0.25) is 0 Å². The highest BCUT2D eigenvalue weighted by molar-refractivity contribution is 5.34. The monoisotopic (exact) mass is 301 g/mol. The topological polar surface area (TPSA) is 9.72 Å². The fourth-order valence-corrected chi connectivity index (χ4v) is 3.89. The maximum Gasteiger partial charge on any atom is 0.0239 e. The summed E-state index contributed by atoms with van der Waals surface area (Å²) in [7, 11) is 2.22. The molecule has 0 bridgehead atoms. The predicted molar refractivity (Wildman–Crippen MR) is 93.1 cm³/mol. The van der Waals surface area contributed by atoms with Crippen molar-refractivity contribution in [3.05, 3.63) is 34.9 Å². The molecule has 0 radical (unpaired) electrons. The zero-order chi connectivity index (χ0) is 15.5. The Morgan fingerprint density at radius 3 is 2.50 bits per heavy atom. The van der Waals surface area contributed by atoms with E-state index >= 15 is 0 Å². The summed E-state index contributed by atoms with van der Waals surface area (Å²) >= 11 is 0. The standard InChI is InChI=1S/C19H31N3/c1-4-19-13-18-12-16(6-7-17(18)15-22(19)5-2)14-21-10-8-20(3)9-11-21/h6-7,12,19H,4-5,8-11,13-15H2,1-3H3. The summed E-state index contributed by atoms with van der Waals surface area (Å²) in [4.78, 5) is 7.65. The van der Waals surface area contributed by atoms with E-state index in [1.54, 1.807) is 11.1 Å². The maximum atomic E-state index is 2.63. The Balaban J connectivity index is 1.68. The second-order valence-electron chi connectivity index (χ2n) is 7.01. The molecule has 22 heavy (non-hydrogen) atoms. The van der Waals surface area contributed by atoms with Gasteiger partial charge in [-0.3, -0.25) is 9.80 Å². The van der Waals surface area contributed by atoms with Crippen LogP contribution >= 0.6 is 0 Å². The number of benzene rings is 1. The molecule has 0 aliphatic carbocycles. The smallest absolute Gasteiger partial charge is 0.0239 e. The molecule has 2 aliphatic heterocycles. The van der Waals surface area contributed by atoms with Gasteiger partial charge < -0.3 is 4.90 Å². The van der Waals surface area contributed by atoms with Crippen LogP contribution in [0.25, 0.3) is 0 Å². The van der Waals surface area contributed by atoms with E-state index in [0.717, 1.165) is 19.1 Å². The molecule has 1 saturated heterocycles. The SMILES string of the molecule is CCC1Cc2cc(CN3CCN(C)CC3)ccc2CN1CC. The normalized spacial score (nSPS) is 24.4. The number of hydrogen-bond acceptors (Lipinski definition) is 3. The van der Waals surface area contributed by atoms with E-state index < -0.39 is 0 Å². The van der Waals surface area contributed by atoms with Gasteiger partial charge in [-0.1, -0.05) is 32.0 Å². The van der Waals surface area contributed by atoms with Gasteiger partial charge in [0.25, 0.3) is 0 Å². The second kappa shape index (κ2) is 7.12. The van der Waals surface area contributed by atoms with Gasteiger partial charge in [0.2, 0.25) is 0 Å². The molecule has 0 N–H and O–H groups in total. The van der Waals surface area contributed by atoms with Crippen LogP contribution in [0.1, 0.15) is 37.0 Å². The number of hydrogen-bond donors (Lipinski definition) is 0. The largest absolute Gasteiger partial charge is 0.304 e. The lowest BCUT2D eigenvalue weighted by Gasteiger charge is -2.36. The molecule has 0 aromatic heterocycles. The van der Waals surface area contributed by atoms with E-state index in [2.05, 4.69) is 53.8 Å². The summed E-state index contributed by atoms with van der Waals surface area (Å²) in [6.45, 7) is 12.9. The molecule has 0 saturated carbocycles. The molecule has 0 amide bonds. The molecular formula is C19H31N3. The lowest BCUT2D eigenvalue weighted by atomic mass is 9.91. The van der Waals surface area contributed by atoms with Gasteiger partial charge in [-0.25, -0.2) is 0 Å². The number of piperazine rings is 1. The summed E-state index contributed by atoms with van der Waals surface area (Å²) < 4.78 is 0. The average Bonchev–Trinajstić information content (AvgIpc) is 2.55. The first-order chi connectivity index (χ1) is 10.7. The zero-order valence-electron chi connectivity index (χ0n) is 14.5. The van der Waals surface area contributed by atoms with E-state index in [9.17, 15) is 0 Å². The third-order valence-electron chi connectivity index (χ3n) is 5.50. The molecule has 122 valence electrons. The van der Waals surface area contributed by atoms with Crippen LogP contribution in [0.3, 0.4) is 0 Å². The van der Waals surface area contributed by atoms with Crippen molar-refractivity contribution in [1.29, 1.82) is 0 Å². The van der Waals surface area contributed by atoms with E-state index in [1.165, 1.54) is 51.1 Å². The molecular weight excluding hydrogens is 270 g/mol. The number of likely N-dealkylation sites (N-methyl/N-ethyl adjacent to an activating group) is 2. The van der Waals surface area contributed by atoms with Gasteiger partial charge in [0.15, 0.2) is 0 Å². The van der Waals surface area contributed by atoms with Crippen LogP contribution in [0.4, 0.5) is 0 Å². The van der Waals surface area contributed by atoms with Crippen molar-refractivity contribution in [2.75, 3.05) is 39.8 Å². The van der Waals surface area contributed by atoms with Crippen molar-refractivity contribution >= 4 is 0 Å². The van der Waals surface area contributed by atoms with Crippen molar-refractivity contribution in [3.63, 3.8) is 0 Å². The molecule has 3 heteroatoms. The van der Waals surface area contributed by atoms with E-state index in [4.69, 9.17) is 0 Å². The fraction of sp³-hybridized carbons (Fsp3) is 0.684. The molecule has 2 heterocycles. The summed E-state index contributed by atoms with van der Waals surface area (Å²) in [5.41, 5.74) is 4.65. The first-order valence-corrected chi connectivity index (χ1v) is 8.95. The summed E-state index contributed by atoms with van der Waals surface area (Å²) in [6.07, 6.45) is 2.49. The maximum absolute atomic E-state index is 2.63. The van der Waals surface area contributed by atoms with Gasteiger partial charge in [-0.15, -0.1) is 0 Å². The Kier molecular flexibility index (Phi) is 5.17. The highest BCUT2D eigenvalue weighted by Gasteiger charge is 2.24. The number of nitrogens with zero attached hydrogens (tertiary/aromatic N) is 3. The molecule has 2 aliphatic rings. The molecule has 1 fully saturated rings. The highest BCUT2D eigenvalue weighted by Crippen LogP contribution is 2.26. The van der Waals surface area contributed by atoms with Crippen molar-refractivity contribution in [2.45, 2.75) is 45.8 Å². The van der Waals surface area contributed by atoms with Gasteiger partial charge >= 0.3 is 0 Å². The number of rotatable bonds is 4. The van der Waals surface area contributed by atoms with Gasteiger partial charge in [0.1, 0.15) is 0 Å². The lowest BCUT2D eigenvalue weighted by molar-refractivity contribution is 0.148. The Labute approximate surface area is 135 Å². The van der Waals surface area contributed by atoms with Crippen molar-refractivity contribution in [2.24, 2.45) is 0 Å². The van der Waals surface area contributed by atoms with Crippen molar-refractivity contribution in [3.8, 4) is 0 Å². The minimum absolute atomic E-state index is 0.733. The number of fused-ring (bicyclic) bond motifs is 1. The Hall–Kier alpha value is -0.900. The van der Waals surface area contributed by atoms with E-state index in [1.807, 2.05) is 0 Å². The first-order valence-electron chi connectivity index (χ1n) is 8.95. The van der Waals surface area contributed by atoms with Crippen LogP contribution < -0.4 is 0 Å². The van der Waals surface area contributed by atoms with Gasteiger partial charge in [-0.05, 0) is 43.1 Å². The molecule has 1 aromatic rings. The first kappa shape index (κ1) is 16.0. The van der Waals surface area contributed by atoms with Crippen LogP contribution in [0.5, 0.6) is 0 Å². The van der Waals surface area contributed by atoms with Crippen molar-refractivity contribution < 1.29 is 0 Å². The molecule has 0 spiro atoms. The minimum Gasteiger partial charge on any atom is -0.304 e. The Morgan fingerprint density at radius 1 is 1.05 bits per heavy atom. The van der Waals surface area contributed by atoms with Crippen LogP contribution in [0.15, 0.2) is 18.2 Å². The van der Waals surface area contributed by atoms with Crippen LogP contribution in [-0.4, -0.2) is 60.5 Å². The lowest BCUT2D eigenvalue weighted by Crippen LogP contribution is -2.44. The molecule has 3 nitrogen and oxygen atoms in total. The van der Waals surface area contributed by atoms with E-state index in [0.29, 0.717) is 0 Å². The molecule has 3 rings (SSSR count). The molecule has 1 aromatic carbocycles. The third kappa shape index (κ3) is 3.53. The van der Waals surface area contributed by atoms with Gasteiger partial charge in [0.05, 0.1) is 0 Å². The van der Waals surface area contributed by atoms with Crippen LogP contribution in [0, 0.1) is 0 Å². The average molecular weight is 301 g/mol. The van der Waals surface area contributed by atoms with Crippen molar-refractivity contribution in [1.82, 2.24) is 14.7 Å². The van der Waals surface area contributed by atoms with Gasteiger partial charge in [0, 0.05) is 45.3 Å². The molecule has 1 atom stereocenters. The fourth-order valence-electron chi connectivity index (χ4n) is 3.89. The predicted octanol–water partition coefficient (Wildman–Crippen LogP) is 2.59. The highest BCUT2D eigenvalue weighted by atomic mass is 15.2. The minimum atomic E-state index is 0.733. The van der Waals surface area contributed by atoms with Crippen LogP contribution in [-0.2, 0) is 19.5 Å². The quantitative estimate of drug-likeness (QED) is 0.846. The Bertz CT molecular complexity index is 491. The second-order valence-corrected chi connectivity index (χ2v) is 7.01. The third-order valence-corrected chi connectivity index (χ3v) is 5.50. The zero-order valence-corrected chi connectivity index (χ0v) is 14.5.